The van der Waals surface area contributed by atoms with Gasteiger partial charge in [0.25, 0.3) is 0 Å². The lowest BCUT2D eigenvalue weighted by Gasteiger charge is -2.09. The van der Waals surface area contributed by atoms with Gasteiger partial charge >= 0.3 is 11.9 Å². The van der Waals surface area contributed by atoms with Gasteiger partial charge in [-0.1, -0.05) is 6.07 Å². The van der Waals surface area contributed by atoms with Gasteiger partial charge in [0.2, 0.25) is 0 Å². The van der Waals surface area contributed by atoms with Crippen molar-refractivity contribution in [1.82, 2.24) is 0 Å². The molecule has 7 nitrogen and oxygen atoms in total. The van der Waals surface area contributed by atoms with Crippen LogP contribution >= 0.6 is 0 Å². The van der Waals surface area contributed by atoms with Crippen LogP contribution in [0.1, 0.15) is 12.5 Å². The highest BCUT2D eigenvalue weighted by Crippen LogP contribution is 2.28. The Morgan fingerprint density at radius 3 is 2.65 bits per heavy atom. The van der Waals surface area contributed by atoms with E-state index in [1.165, 1.54) is 33.3 Å². The van der Waals surface area contributed by atoms with Crippen LogP contribution in [0.3, 0.4) is 0 Å². The van der Waals surface area contributed by atoms with Crippen molar-refractivity contribution in [3.05, 3.63) is 29.8 Å². The number of carbonyl (C=O) groups excluding carboxylic acids is 2. The lowest BCUT2D eigenvalue weighted by Crippen LogP contribution is -2.24. The first-order valence-electron chi connectivity index (χ1n) is 6.66. The predicted octanol–water partition coefficient (Wildman–Crippen LogP) is 1.72. The fourth-order valence-electron chi connectivity index (χ4n) is 1.61. The first-order valence-corrected chi connectivity index (χ1v) is 6.66. The second-order valence-electron chi connectivity index (χ2n) is 4.29. The summed E-state index contributed by atoms with van der Waals surface area (Å²) >= 11 is 0. The summed E-state index contributed by atoms with van der Waals surface area (Å²) in [5.41, 5.74) is 0.661. The maximum atomic E-state index is 11.6. The molecule has 0 N–H and O–H groups in total. The van der Waals surface area contributed by atoms with E-state index in [4.69, 9.17) is 19.5 Å². The smallest absolute Gasteiger partial charge is 0.346 e. The summed E-state index contributed by atoms with van der Waals surface area (Å²) in [6.45, 7) is 1.32. The average molecular weight is 319 g/mol. The zero-order chi connectivity index (χ0) is 17.2. The average Bonchev–Trinajstić information content (AvgIpc) is 2.57. The summed E-state index contributed by atoms with van der Waals surface area (Å²) in [6.07, 6.45) is 1.71. The van der Waals surface area contributed by atoms with E-state index in [-0.39, 0.29) is 6.61 Å². The molecule has 0 bridgehead atoms. The fourth-order valence-corrected chi connectivity index (χ4v) is 1.61. The molecule has 1 rings (SSSR count). The topological polar surface area (TPSA) is 94.9 Å². The minimum atomic E-state index is -0.978. The number of nitriles is 1. The number of nitrogens with zero attached hydrogens (tertiary/aromatic N) is 1. The van der Waals surface area contributed by atoms with Crippen LogP contribution in [0, 0.1) is 11.3 Å². The van der Waals surface area contributed by atoms with Crippen LogP contribution in [0.15, 0.2) is 24.3 Å². The van der Waals surface area contributed by atoms with Crippen molar-refractivity contribution in [3.63, 3.8) is 0 Å². The van der Waals surface area contributed by atoms with Crippen LogP contribution in [0.4, 0.5) is 0 Å². The van der Waals surface area contributed by atoms with Gasteiger partial charge in [-0.05, 0) is 30.7 Å². The number of carbonyl (C=O) groups is 2. The van der Waals surface area contributed by atoms with E-state index in [0.717, 1.165) is 0 Å². The highest BCUT2D eigenvalue weighted by atomic mass is 16.6. The predicted molar refractivity (Wildman–Crippen MR) is 80.7 cm³/mol. The van der Waals surface area contributed by atoms with E-state index < -0.39 is 18.0 Å². The number of rotatable bonds is 7. The third-order valence-corrected chi connectivity index (χ3v) is 2.72. The van der Waals surface area contributed by atoms with Gasteiger partial charge in [0.05, 0.1) is 14.2 Å². The van der Waals surface area contributed by atoms with Crippen LogP contribution < -0.4 is 9.47 Å². The minimum absolute atomic E-state index is 0.0940. The van der Waals surface area contributed by atoms with Gasteiger partial charge in [-0.25, -0.2) is 9.59 Å². The summed E-state index contributed by atoms with van der Waals surface area (Å²) in [6, 6.07) is 6.81. The number of esters is 2. The largest absolute Gasteiger partial charge is 0.493 e. The SMILES string of the molecule is COC(=O)C(C)OC(=O)/C=C/c1ccc(OCC#N)c(OC)c1. The van der Waals surface area contributed by atoms with Crippen molar-refractivity contribution in [3.8, 4) is 17.6 Å². The lowest BCUT2D eigenvalue weighted by molar-refractivity contribution is -0.161. The number of hydrogen-bond acceptors (Lipinski definition) is 7. The number of methoxy groups -OCH3 is 2. The summed E-state index contributed by atoms with van der Waals surface area (Å²) < 4.78 is 19.7. The Morgan fingerprint density at radius 2 is 2.04 bits per heavy atom. The molecule has 1 aromatic carbocycles. The van der Waals surface area contributed by atoms with E-state index >= 15 is 0 Å². The van der Waals surface area contributed by atoms with Crippen LogP contribution in [-0.2, 0) is 19.1 Å². The number of ether oxygens (including phenoxy) is 4. The molecule has 0 amide bonds. The van der Waals surface area contributed by atoms with Crippen molar-refractivity contribution in [1.29, 1.82) is 5.26 Å². The number of hydrogen-bond donors (Lipinski definition) is 0. The molecule has 0 radical (unpaired) electrons. The Balaban J connectivity index is 2.74. The molecule has 0 aliphatic rings. The Labute approximate surface area is 134 Å². The summed E-state index contributed by atoms with van der Waals surface area (Å²) in [5.74, 6) is -0.453. The second-order valence-corrected chi connectivity index (χ2v) is 4.29. The van der Waals surface area contributed by atoms with E-state index in [2.05, 4.69) is 4.74 Å². The molecule has 23 heavy (non-hydrogen) atoms. The Kier molecular flexibility index (Phi) is 7.14. The van der Waals surface area contributed by atoms with Gasteiger partial charge in [-0.2, -0.15) is 5.26 Å². The third-order valence-electron chi connectivity index (χ3n) is 2.72. The maximum absolute atomic E-state index is 11.6. The van der Waals surface area contributed by atoms with Crippen molar-refractivity contribution in [2.45, 2.75) is 13.0 Å². The van der Waals surface area contributed by atoms with Gasteiger partial charge in [-0.3, -0.25) is 0 Å². The molecule has 1 atom stereocenters. The summed E-state index contributed by atoms with van der Waals surface area (Å²) in [4.78, 5) is 22.8. The first-order chi connectivity index (χ1) is 11.0. The maximum Gasteiger partial charge on any atom is 0.346 e. The van der Waals surface area contributed by atoms with Gasteiger partial charge in [-0.15, -0.1) is 0 Å². The minimum Gasteiger partial charge on any atom is -0.493 e. The van der Waals surface area contributed by atoms with Crippen molar-refractivity contribution in [2.75, 3.05) is 20.8 Å². The Bertz CT molecular complexity index is 632. The molecule has 1 aromatic rings. The molecule has 0 saturated carbocycles. The normalized spacial score (nSPS) is 11.4. The molecular weight excluding hydrogens is 302 g/mol. The molecule has 0 aromatic heterocycles. The standard InChI is InChI=1S/C16H17NO6/c1-11(16(19)21-3)23-15(18)7-5-12-4-6-13(22-9-8-17)14(10-12)20-2/h4-7,10-11H,9H2,1-3H3/b7-5+. The Hall–Kier alpha value is -3.01. The monoisotopic (exact) mass is 319 g/mol. The fraction of sp³-hybridized carbons (Fsp3) is 0.312. The van der Waals surface area contributed by atoms with Crippen LogP contribution in [-0.4, -0.2) is 38.9 Å². The van der Waals surface area contributed by atoms with E-state index in [1.54, 1.807) is 18.2 Å². The van der Waals surface area contributed by atoms with Gasteiger partial charge in [0.1, 0.15) is 6.07 Å². The Morgan fingerprint density at radius 1 is 1.30 bits per heavy atom. The van der Waals surface area contributed by atoms with Gasteiger partial charge in [0.15, 0.2) is 24.2 Å². The zero-order valence-corrected chi connectivity index (χ0v) is 13.1. The van der Waals surface area contributed by atoms with Crippen LogP contribution in [0.5, 0.6) is 11.5 Å². The molecule has 0 fully saturated rings. The molecule has 0 spiro atoms. The van der Waals surface area contributed by atoms with Crippen molar-refractivity contribution >= 4 is 18.0 Å². The second kappa shape index (κ2) is 9.10. The van der Waals surface area contributed by atoms with Crippen molar-refractivity contribution in [2.24, 2.45) is 0 Å². The summed E-state index contributed by atoms with van der Waals surface area (Å²) in [5, 5.41) is 8.51. The molecule has 122 valence electrons. The highest BCUT2D eigenvalue weighted by Gasteiger charge is 2.16. The molecular formula is C16H17NO6. The van der Waals surface area contributed by atoms with Crippen LogP contribution in [0.2, 0.25) is 0 Å². The van der Waals surface area contributed by atoms with Crippen molar-refractivity contribution < 1.29 is 28.5 Å². The summed E-state index contributed by atoms with van der Waals surface area (Å²) in [7, 11) is 2.68. The van der Waals surface area contributed by atoms with E-state index in [1.807, 2.05) is 6.07 Å². The molecule has 0 saturated heterocycles. The first kappa shape index (κ1) is 18.0. The van der Waals surface area contributed by atoms with Gasteiger partial charge in [0, 0.05) is 6.08 Å². The molecule has 0 aliphatic heterocycles. The van der Waals surface area contributed by atoms with Crippen LogP contribution in [0.25, 0.3) is 6.08 Å². The lowest BCUT2D eigenvalue weighted by atomic mass is 10.2. The third kappa shape index (κ3) is 5.71. The zero-order valence-electron chi connectivity index (χ0n) is 13.1. The highest BCUT2D eigenvalue weighted by molar-refractivity contribution is 5.89. The van der Waals surface area contributed by atoms with E-state index in [9.17, 15) is 9.59 Å². The molecule has 0 aliphatic carbocycles. The van der Waals surface area contributed by atoms with E-state index in [0.29, 0.717) is 17.1 Å². The molecule has 1 unspecified atom stereocenters. The van der Waals surface area contributed by atoms with Gasteiger partial charge < -0.3 is 18.9 Å². The molecule has 7 heteroatoms. The molecule has 0 heterocycles. The number of benzene rings is 1. The quantitative estimate of drug-likeness (QED) is 0.557.